The number of rotatable bonds is 5. The number of nitrogens with one attached hydrogen (secondary N) is 1. The molecule has 0 atom stereocenters. The number of halogens is 1. The first-order valence-corrected chi connectivity index (χ1v) is 6.96. The average Bonchev–Trinajstić information content (AvgIpc) is 2.45. The lowest BCUT2D eigenvalue weighted by Gasteiger charge is -2.12. The van der Waals surface area contributed by atoms with E-state index in [0.717, 1.165) is 0 Å². The lowest BCUT2D eigenvalue weighted by molar-refractivity contribution is 0.0697. The minimum Gasteiger partial charge on any atom is -0.477 e. The molecule has 21 heavy (non-hydrogen) atoms. The normalized spacial score (nSPS) is 10.7. The van der Waals surface area contributed by atoms with E-state index < -0.39 is 5.97 Å². The lowest BCUT2D eigenvalue weighted by Crippen LogP contribution is -2.14. The SMILES string of the molecule is CC(C)CNc1nc(-c2ccccc2Cl)ncc1C(=O)O. The van der Waals surface area contributed by atoms with Crippen LogP contribution in [0.4, 0.5) is 5.82 Å². The van der Waals surface area contributed by atoms with E-state index in [9.17, 15) is 9.90 Å². The van der Waals surface area contributed by atoms with E-state index in [0.29, 0.717) is 34.7 Å². The molecule has 0 aliphatic carbocycles. The van der Waals surface area contributed by atoms with E-state index in [1.54, 1.807) is 12.1 Å². The zero-order valence-electron chi connectivity index (χ0n) is 11.8. The molecule has 2 rings (SSSR count). The van der Waals surface area contributed by atoms with Crippen molar-refractivity contribution in [2.24, 2.45) is 5.92 Å². The first-order valence-electron chi connectivity index (χ1n) is 6.58. The van der Waals surface area contributed by atoms with Crippen LogP contribution in [0.3, 0.4) is 0 Å². The summed E-state index contributed by atoms with van der Waals surface area (Å²) in [6.45, 7) is 4.69. The van der Waals surface area contributed by atoms with Gasteiger partial charge in [-0.25, -0.2) is 14.8 Å². The molecular weight excluding hydrogens is 290 g/mol. The summed E-state index contributed by atoms with van der Waals surface area (Å²) in [6.07, 6.45) is 1.30. The summed E-state index contributed by atoms with van der Waals surface area (Å²) < 4.78 is 0. The fourth-order valence-electron chi connectivity index (χ4n) is 1.75. The predicted octanol–water partition coefficient (Wildman–Crippen LogP) is 3.56. The third kappa shape index (κ3) is 3.70. The molecule has 0 saturated heterocycles. The molecule has 1 aromatic heterocycles. The van der Waals surface area contributed by atoms with Crippen LogP contribution < -0.4 is 5.32 Å². The van der Waals surface area contributed by atoms with Crippen LogP contribution in [-0.2, 0) is 0 Å². The maximum atomic E-state index is 11.2. The van der Waals surface area contributed by atoms with Gasteiger partial charge in [0, 0.05) is 18.3 Å². The van der Waals surface area contributed by atoms with Gasteiger partial charge >= 0.3 is 5.97 Å². The molecule has 6 heteroatoms. The highest BCUT2D eigenvalue weighted by atomic mass is 35.5. The molecule has 0 aliphatic rings. The number of carbonyl (C=O) groups is 1. The topological polar surface area (TPSA) is 75.1 Å². The third-order valence-corrected chi connectivity index (χ3v) is 3.14. The van der Waals surface area contributed by atoms with Crippen molar-refractivity contribution < 1.29 is 9.90 Å². The van der Waals surface area contributed by atoms with Crippen molar-refractivity contribution in [2.75, 3.05) is 11.9 Å². The van der Waals surface area contributed by atoms with Gasteiger partial charge in [-0.3, -0.25) is 0 Å². The van der Waals surface area contributed by atoms with Crippen molar-refractivity contribution in [1.29, 1.82) is 0 Å². The summed E-state index contributed by atoms with van der Waals surface area (Å²) in [7, 11) is 0. The van der Waals surface area contributed by atoms with Crippen LogP contribution in [0.15, 0.2) is 30.5 Å². The molecule has 5 nitrogen and oxygen atoms in total. The van der Waals surface area contributed by atoms with E-state index in [1.807, 2.05) is 26.0 Å². The van der Waals surface area contributed by atoms with Gasteiger partial charge in [-0.1, -0.05) is 37.6 Å². The van der Waals surface area contributed by atoms with Gasteiger partial charge in [-0.05, 0) is 18.1 Å². The van der Waals surface area contributed by atoms with Gasteiger partial charge in [0.25, 0.3) is 0 Å². The number of nitrogens with zero attached hydrogens (tertiary/aromatic N) is 2. The smallest absolute Gasteiger partial charge is 0.341 e. The molecule has 0 aliphatic heterocycles. The molecule has 0 amide bonds. The highest BCUT2D eigenvalue weighted by Crippen LogP contribution is 2.26. The molecule has 110 valence electrons. The van der Waals surface area contributed by atoms with E-state index in [1.165, 1.54) is 6.20 Å². The average molecular weight is 306 g/mol. The lowest BCUT2D eigenvalue weighted by atomic mass is 10.2. The summed E-state index contributed by atoms with van der Waals surface area (Å²) in [4.78, 5) is 19.6. The Kier molecular flexibility index (Phi) is 4.75. The molecular formula is C15H16ClN3O2. The first kappa shape index (κ1) is 15.3. The zero-order chi connectivity index (χ0) is 15.4. The maximum Gasteiger partial charge on any atom is 0.341 e. The number of benzene rings is 1. The summed E-state index contributed by atoms with van der Waals surface area (Å²) in [6, 6.07) is 7.18. The van der Waals surface area contributed by atoms with Crippen LogP contribution in [0.1, 0.15) is 24.2 Å². The minimum absolute atomic E-state index is 0.0476. The van der Waals surface area contributed by atoms with Crippen LogP contribution >= 0.6 is 11.6 Å². The Labute approximate surface area is 128 Å². The number of hydrogen-bond acceptors (Lipinski definition) is 4. The van der Waals surface area contributed by atoms with Crippen molar-refractivity contribution in [2.45, 2.75) is 13.8 Å². The molecule has 1 heterocycles. The number of aromatic carboxylic acids is 1. The Morgan fingerprint density at radius 3 is 2.71 bits per heavy atom. The Hall–Kier alpha value is -2.14. The molecule has 0 bridgehead atoms. The van der Waals surface area contributed by atoms with Crippen molar-refractivity contribution in [3.8, 4) is 11.4 Å². The number of carboxylic acids is 1. The van der Waals surface area contributed by atoms with E-state index >= 15 is 0 Å². The van der Waals surface area contributed by atoms with E-state index in [4.69, 9.17) is 11.6 Å². The van der Waals surface area contributed by atoms with Gasteiger partial charge in [-0.2, -0.15) is 0 Å². The van der Waals surface area contributed by atoms with E-state index in [2.05, 4.69) is 15.3 Å². The van der Waals surface area contributed by atoms with Crippen LogP contribution in [0, 0.1) is 5.92 Å². The van der Waals surface area contributed by atoms with Gasteiger partial charge in [0.15, 0.2) is 5.82 Å². The number of hydrogen-bond donors (Lipinski definition) is 2. The van der Waals surface area contributed by atoms with Gasteiger partial charge < -0.3 is 10.4 Å². The molecule has 2 N–H and O–H groups in total. The highest BCUT2D eigenvalue weighted by molar-refractivity contribution is 6.33. The van der Waals surface area contributed by atoms with Gasteiger partial charge in [0.1, 0.15) is 11.4 Å². The van der Waals surface area contributed by atoms with E-state index in [-0.39, 0.29) is 5.56 Å². The van der Waals surface area contributed by atoms with Crippen LogP contribution in [-0.4, -0.2) is 27.6 Å². The highest BCUT2D eigenvalue weighted by Gasteiger charge is 2.15. The standard InChI is InChI=1S/C15H16ClN3O2/c1-9(2)7-17-14-11(15(20)21)8-18-13(19-14)10-5-3-4-6-12(10)16/h3-6,8-9H,7H2,1-2H3,(H,20,21)(H,17,18,19). The van der Waals surface area contributed by atoms with Gasteiger partial charge in [-0.15, -0.1) is 0 Å². The summed E-state index contributed by atoms with van der Waals surface area (Å²) in [5.74, 6) is 0.00955. The van der Waals surface area contributed by atoms with Crippen molar-refractivity contribution >= 4 is 23.4 Å². The van der Waals surface area contributed by atoms with Gasteiger partial charge in [0.05, 0.1) is 5.02 Å². The van der Waals surface area contributed by atoms with Crippen LogP contribution in [0.25, 0.3) is 11.4 Å². The third-order valence-electron chi connectivity index (χ3n) is 2.81. The Morgan fingerprint density at radius 2 is 2.10 bits per heavy atom. The summed E-state index contributed by atoms with van der Waals surface area (Å²) in [5.41, 5.74) is 0.718. The molecule has 0 spiro atoms. The molecule has 0 saturated carbocycles. The largest absolute Gasteiger partial charge is 0.477 e. The molecule has 0 fully saturated rings. The first-order chi connectivity index (χ1) is 9.99. The summed E-state index contributed by atoms with van der Waals surface area (Å²) >= 11 is 6.12. The fraction of sp³-hybridized carbons (Fsp3) is 0.267. The number of anilines is 1. The number of carboxylic acid groups (broad SMARTS) is 1. The monoisotopic (exact) mass is 305 g/mol. The fourth-order valence-corrected chi connectivity index (χ4v) is 1.97. The second-order valence-electron chi connectivity index (χ2n) is 5.02. The Bertz CT molecular complexity index is 659. The molecule has 2 aromatic rings. The zero-order valence-corrected chi connectivity index (χ0v) is 12.6. The predicted molar refractivity (Wildman–Crippen MR) is 82.8 cm³/mol. The quantitative estimate of drug-likeness (QED) is 0.883. The van der Waals surface area contributed by atoms with Gasteiger partial charge in [0.2, 0.25) is 0 Å². The summed E-state index contributed by atoms with van der Waals surface area (Å²) in [5, 5.41) is 12.8. The number of aromatic nitrogens is 2. The Balaban J connectivity index is 2.43. The van der Waals surface area contributed by atoms with Crippen LogP contribution in [0.5, 0.6) is 0 Å². The Morgan fingerprint density at radius 1 is 1.38 bits per heavy atom. The van der Waals surface area contributed by atoms with Crippen molar-refractivity contribution in [1.82, 2.24) is 9.97 Å². The molecule has 1 aromatic carbocycles. The minimum atomic E-state index is -1.06. The van der Waals surface area contributed by atoms with Crippen molar-refractivity contribution in [3.63, 3.8) is 0 Å². The van der Waals surface area contributed by atoms with Crippen LogP contribution in [0.2, 0.25) is 5.02 Å². The second kappa shape index (κ2) is 6.54. The van der Waals surface area contributed by atoms with Crippen molar-refractivity contribution in [3.05, 3.63) is 41.0 Å². The molecule has 0 radical (unpaired) electrons. The molecule has 0 unspecified atom stereocenters. The second-order valence-corrected chi connectivity index (χ2v) is 5.42. The maximum absolute atomic E-state index is 11.2.